The van der Waals surface area contributed by atoms with Gasteiger partial charge < -0.3 is 4.74 Å². The van der Waals surface area contributed by atoms with Crippen LogP contribution in [0.3, 0.4) is 0 Å². The average molecular weight is 435 g/mol. The van der Waals surface area contributed by atoms with E-state index in [1.165, 1.54) is 11.8 Å². The number of Topliss-reactive ketones (excluding diaryl/α,β-unsaturated/α-hetero) is 1. The normalized spacial score (nSPS) is 25.6. The van der Waals surface area contributed by atoms with Gasteiger partial charge in [-0.1, -0.05) is 42.1 Å². The number of hydrogen-bond acceptors (Lipinski definition) is 9. The summed E-state index contributed by atoms with van der Waals surface area (Å²) in [6.45, 7) is 1.54. The van der Waals surface area contributed by atoms with Crippen molar-refractivity contribution in [2.75, 3.05) is 7.11 Å². The highest BCUT2D eigenvalue weighted by atomic mass is 32.3. The zero-order chi connectivity index (χ0) is 20.9. The molecule has 29 heavy (non-hydrogen) atoms. The minimum atomic E-state index is -3.93. The van der Waals surface area contributed by atoms with Gasteiger partial charge in [0.15, 0.2) is 21.3 Å². The minimum Gasteiger partial charge on any atom is -0.368 e. The molecule has 0 saturated carbocycles. The topological polar surface area (TPSA) is 124 Å². The van der Waals surface area contributed by atoms with Gasteiger partial charge in [0.05, 0.1) is 5.70 Å². The predicted molar refractivity (Wildman–Crippen MR) is 102 cm³/mol. The van der Waals surface area contributed by atoms with Crippen LogP contribution in [0.25, 0.3) is 0 Å². The molecule has 4 rings (SSSR count). The number of thioether (sulfide) groups is 1. The van der Waals surface area contributed by atoms with Gasteiger partial charge in [-0.2, -0.15) is 0 Å². The molecule has 1 fully saturated rings. The number of amides is 1. The lowest BCUT2D eigenvalue weighted by molar-refractivity contribution is -0.158. The van der Waals surface area contributed by atoms with Crippen LogP contribution in [-0.4, -0.2) is 68.4 Å². The molecule has 2 aromatic rings. The van der Waals surface area contributed by atoms with Gasteiger partial charge >= 0.3 is 0 Å². The van der Waals surface area contributed by atoms with Gasteiger partial charge in [0.1, 0.15) is 4.58 Å². The van der Waals surface area contributed by atoms with E-state index in [9.17, 15) is 18.0 Å². The Labute approximate surface area is 170 Å². The molecule has 1 saturated heterocycles. The van der Waals surface area contributed by atoms with Crippen molar-refractivity contribution in [3.8, 4) is 0 Å². The van der Waals surface area contributed by atoms with Crippen LogP contribution in [-0.2, 0) is 26.4 Å². The summed E-state index contributed by atoms with van der Waals surface area (Å²) in [5.41, 5.74) is 0.672. The largest absolute Gasteiger partial charge is 0.368 e. The summed E-state index contributed by atoms with van der Waals surface area (Å²) in [5.74, 6) is -0.976. The zero-order valence-corrected chi connectivity index (χ0v) is 17.3. The molecule has 0 N–H and O–H groups in total. The van der Waals surface area contributed by atoms with Crippen molar-refractivity contribution >= 4 is 33.3 Å². The summed E-state index contributed by atoms with van der Waals surface area (Å²) in [6.07, 6.45) is -1.16. The number of hydrogen-bond donors (Lipinski definition) is 0. The van der Waals surface area contributed by atoms with Crippen LogP contribution in [0.1, 0.15) is 17.3 Å². The number of β-lactam (4-membered cyclic amide) rings is 1. The van der Waals surface area contributed by atoms with Crippen molar-refractivity contribution in [3.05, 3.63) is 47.2 Å². The second kappa shape index (κ2) is 7.04. The van der Waals surface area contributed by atoms with Crippen LogP contribution in [0.5, 0.6) is 0 Å². The third kappa shape index (κ3) is 2.90. The van der Waals surface area contributed by atoms with Gasteiger partial charge in [-0.15, -0.1) is 5.10 Å². The third-order valence-corrected chi connectivity index (χ3v) is 9.20. The van der Waals surface area contributed by atoms with E-state index < -0.39 is 37.6 Å². The number of benzene rings is 1. The van der Waals surface area contributed by atoms with Crippen LogP contribution < -0.4 is 0 Å². The molecule has 152 valence electrons. The molecule has 3 heterocycles. The summed E-state index contributed by atoms with van der Waals surface area (Å²) < 4.78 is 32.0. The fourth-order valence-corrected chi connectivity index (χ4v) is 7.29. The molecule has 3 atom stereocenters. The monoisotopic (exact) mass is 435 g/mol. The van der Waals surface area contributed by atoms with Gasteiger partial charge in [-0.3, -0.25) is 14.5 Å². The fourth-order valence-electron chi connectivity index (χ4n) is 3.47. The van der Waals surface area contributed by atoms with Crippen LogP contribution in [0.15, 0.2) is 46.8 Å². The van der Waals surface area contributed by atoms with Crippen molar-refractivity contribution in [3.63, 3.8) is 0 Å². The van der Waals surface area contributed by atoms with Crippen molar-refractivity contribution in [2.45, 2.75) is 28.1 Å². The Bertz CT molecular complexity index is 1130. The number of rotatable bonds is 5. The van der Waals surface area contributed by atoms with Gasteiger partial charge in [-0.25, -0.2) is 13.1 Å². The molecular formula is C17H17N5O5S2. The molecule has 10 nitrogen and oxygen atoms in total. The molecule has 0 spiro atoms. The number of tetrazole rings is 1. The van der Waals surface area contributed by atoms with E-state index in [0.29, 0.717) is 5.56 Å². The molecule has 0 radical (unpaired) electrons. The second-order valence-electron chi connectivity index (χ2n) is 6.61. The molecule has 1 aromatic heterocycles. The van der Waals surface area contributed by atoms with Crippen LogP contribution >= 0.6 is 11.8 Å². The number of sulfone groups is 1. The first-order chi connectivity index (χ1) is 13.8. The van der Waals surface area contributed by atoms with Gasteiger partial charge in [0.2, 0.25) is 10.9 Å². The molecule has 1 aromatic carbocycles. The van der Waals surface area contributed by atoms with Crippen LogP contribution in [0, 0.1) is 0 Å². The highest BCUT2D eigenvalue weighted by Gasteiger charge is 2.63. The van der Waals surface area contributed by atoms with Gasteiger partial charge in [0, 0.05) is 19.7 Å². The van der Waals surface area contributed by atoms with Crippen LogP contribution in [0.4, 0.5) is 0 Å². The Morgan fingerprint density at radius 3 is 2.52 bits per heavy atom. The summed E-state index contributed by atoms with van der Waals surface area (Å²) in [5, 5.41) is 10.1. The Hall–Kier alpha value is -2.57. The first kappa shape index (κ1) is 19.7. The zero-order valence-electron chi connectivity index (χ0n) is 15.7. The van der Waals surface area contributed by atoms with E-state index in [1.807, 2.05) is 0 Å². The molecule has 12 heteroatoms. The summed E-state index contributed by atoms with van der Waals surface area (Å²) in [7, 11) is -1.07. The maximum Gasteiger partial charge on any atom is 0.260 e. The van der Waals surface area contributed by atoms with E-state index in [4.69, 9.17) is 4.74 Å². The predicted octanol–water partition coefficient (Wildman–Crippen LogP) is 0.397. The van der Waals surface area contributed by atoms with E-state index >= 15 is 0 Å². The van der Waals surface area contributed by atoms with E-state index in [0.717, 1.165) is 16.7 Å². The lowest BCUT2D eigenvalue weighted by Crippen LogP contribution is -2.71. The SMILES string of the molecule is COC1C(=O)N2C(C(=O)c3ccccc3)=C(C)C(Sc3nnnn3C)S(=O)(=O)C12. The van der Waals surface area contributed by atoms with E-state index in [2.05, 4.69) is 15.5 Å². The first-order valence-electron chi connectivity index (χ1n) is 8.57. The highest BCUT2D eigenvalue weighted by molar-refractivity contribution is 8.14. The quantitative estimate of drug-likeness (QED) is 0.485. The number of carbonyl (C=O) groups excluding carboxylic acids is 2. The lowest BCUT2D eigenvalue weighted by Gasteiger charge is -2.50. The third-order valence-electron chi connectivity index (χ3n) is 4.90. The number of nitrogens with zero attached hydrogens (tertiary/aromatic N) is 5. The van der Waals surface area contributed by atoms with Gasteiger partial charge in [0.25, 0.3) is 5.91 Å². The van der Waals surface area contributed by atoms with E-state index in [-0.39, 0.29) is 16.4 Å². The number of ether oxygens (including phenoxy) is 1. The van der Waals surface area contributed by atoms with Crippen molar-refractivity contribution in [1.29, 1.82) is 0 Å². The number of ketones is 1. The molecular weight excluding hydrogens is 418 g/mol. The molecule has 2 aliphatic heterocycles. The Morgan fingerprint density at radius 2 is 1.93 bits per heavy atom. The fraction of sp³-hybridized carbons (Fsp3) is 0.353. The molecule has 3 unspecified atom stereocenters. The van der Waals surface area contributed by atoms with Crippen molar-refractivity contribution < 1.29 is 22.7 Å². The number of fused-ring (bicyclic) bond motifs is 1. The van der Waals surface area contributed by atoms with Crippen molar-refractivity contribution in [2.24, 2.45) is 7.05 Å². The molecule has 0 aliphatic carbocycles. The van der Waals surface area contributed by atoms with Crippen LogP contribution in [0.2, 0.25) is 0 Å². The molecule has 2 aliphatic rings. The summed E-state index contributed by atoms with van der Waals surface area (Å²) in [4.78, 5) is 26.9. The second-order valence-corrected chi connectivity index (χ2v) is 10.1. The molecule has 1 amide bonds. The summed E-state index contributed by atoms with van der Waals surface area (Å²) in [6, 6.07) is 8.41. The average Bonchev–Trinajstić information content (AvgIpc) is 3.11. The number of allylic oxidation sites excluding steroid dienone is 1. The van der Waals surface area contributed by atoms with E-state index in [1.54, 1.807) is 44.3 Å². The summed E-state index contributed by atoms with van der Waals surface area (Å²) >= 11 is 0.918. The maximum atomic E-state index is 13.3. The number of aryl methyl sites for hydroxylation is 1. The number of carbonyl (C=O) groups is 2. The highest BCUT2D eigenvalue weighted by Crippen LogP contribution is 2.46. The lowest BCUT2D eigenvalue weighted by atomic mass is 9.99. The van der Waals surface area contributed by atoms with Crippen molar-refractivity contribution in [1.82, 2.24) is 25.1 Å². The minimum absolute atomic E-state index is 0.0574. The van der Waals surface area contributed by atoms with Gasteiger partial charge in [-0.05, 0) is 22.9 Å². The maximum absolute atomic E-state index is 13.3. The Kier molecular flexibility index (Phi) is 4.79. The Morgan fingerprint density at radius 1 is 1.24 bits per heavy atom. The number of aromatic nitrogens is 4. The number of methoxy groups -OCH3 is 1. The smallest absolute Gasteiger partial charge is 0.260 e. The first-order valence-corrected chi connectivity index (χ1v) is 11.1. The molecule has 0 bridgehead atoms. The Balaban J connectivity index is 1.87. The standard InChI is InChI=1S/C17H17N5O5S2/c1-9-11(12(23)10-7-5-4-6-8-10)22-14(24)13(27-3)15(22)29(25,26)16(9)28-17-18-19-20-21(17)2/h4-8,13,15-16H,1-3H3.